The molecule has 1 fully saturated rings. The Bertz CT molecular complexity index is 369. The number of hydrogen-bond donors (Lipinski definition) is 2. The van der Waals surface area contributed by atoms with E-state index < -0.39 is 5.60 Å². The van der Waals surface area contributed by atoms with Gasteiger partial charge in [0.2, 0.25) is 0 Å². The molecule has 0 aliphatic carbocycles. The van der Waals surface area contributed by atoms with Gasteiger partial charge in [-0.2, -0.15) is 0 Å². The molecule has 1 amide bonds. The molecule has 6 nitrogen and oxygen atoms in total. The summed E-state index contributed by atoms with van der Waals surface area (Å²) in [4.78, 5) is 18.2. The number of carbonyl (C=O) groups is 1. The minimum absolute atomic E-state index is 0.213. The molecule has 0 saturated carbocycles. The van der Waals surface area contributed by atoms with Crippen molar-refractivity contribution in [3.63, 3.8) is 0 Å². The third-order valence-corrected chi connectivity index (χ3v) is 3.62. The van der Waals surface area contributed by atoms with E-state index in [9.17, 15) is 4.79 Å². The number of unbranched alkanes of at least 4 members (excludes halogenated alkanes) is 1. The molecular formula is C16H32N4O2. The molecule has 1 aliphatic heterocycles. The SMILES string of the molecule is CCCCNC(N)=NCC1CCN(C(=O)OC(C)(C)C)CC1. The second-order valence-corrected chi connectivity index (χ2v) is 6.92. The number of ether oxygens (including phenoxy) is 1. The second kappa shape index (κ2) is 8.86. The number of likely N-dealkylation sites (tertiary alicyclic amines) is 1. The van der Waals surface area contributed by atoms with Crippen LogP contribution in [0.25, 0.3) is 0 Å². The van der Waals surface area contributed by atoms with E-state index in [1.54, 1.807) is 4.90 Å². The molecule has 0 radical (unpaired) electrons. The van der Waals surface area contributed by atoms with E-state index in [0.717, 1.165) is 51.9 Å². The number of amides is 1. The molecule has 0 aromatic rings. The zero-order valence-electron chi connectivity index (χ0n) is 14.5. The van der Waals surface area contributed by atoms with Crippen molar-refractivity contribution >= 4 is 12.1 Å². The first-order chi connectivity index (χ1) is 10.3. The summed E-state index contributed by atoms with van der Waals surface area (Å²) in [5, 5.41) is 3.12. The summed E-state index contributed by atoms with van der Waals surface area (Å²) in [7, 11) is 0. The molecule has 3 N–H and O–H groups in total. The molecule has 1 aliphatic rings. The molecule has 22 heavy (non-hydrogen) atoms. The van der Waals surface area contributed by atoms with Gasteiger partial charge in [0.15, 0.2) is 5.96 Å². The van der Waals surface area contributed by atoms with Gasteiger partial charge < -0.3 is 20.7 Å². The highest BCUT2D eigenvalue weighted by molar-refractivity contribution is 5.77. The Morgan fingerprint density at radius 1 is 1.36 bits per heavy atom. The van der Waals surface area contributed by atoms with Gasteiger partial charge in [0.05, 0.1) is 0 Å². The highest BCUT2D eigenvalue weighted by Crippen LogP contribution is 2.19. The number of nitrogens with one attached hydrogen (secondary N) is 1. The third-order valence-electron chi connectivity index (χ3n) is 3.62. The van der Waals surface area contributed by atoms with Crippen LogP contribution in [0, 0.1) is 5.92 Å². The predicted octanol–water partition coefficient (Wildman–Crippen LogP) is 2.34. The third kappa shape index (κ3) is 7.52. The fourth-order valence-electron chi connectivity index (χ4n) is 2.30. The summed E-state index contributed by atoms with van der Waals surface area (Å²) in [5.74, 6) is 1.02. The average molecular weight is 312 g/mol. The van der Waals surface area contributed by atoms with Crippen LogP contribution in [0.4, 0.5) is 4.79 Å². The molecule has 0 unspecified atom stereocenters. The van der Waals surface area contributed by atoms with Crippen molar-refractivity contribution < 1.29 is 9.53 Å². The molecule has 6 heteroatoms. The van der Waals surface area contributed by atoms with Gasteiger partial charge in [-0.25, -0.2) is 4.79 Å². The highest BCUT2D eigenvalue weighted by atomic mass is 16.6. The maximum absolute atomic E-state index is 12.0. The molecular weight excluding hydrogens is 280 g/mol. The number of guanidine groups is 1. The average Bonchev–Trinajstić information content (AvgIpc) is 2.44. The summed E-state index contributed by atoms with van der Waals surface area (Å²) < 4.78 is 5.39. The molecule has 0 aromatic carbocycles. The van der Waals surface area contributed by atoms with Crippen LogP contribution in [0.2, 0.25) is 0 Å². The number of piperidine rings is 1. The van der Waals surface area contributed by atoms with E-state index in [1.807, 2.05) is 20.8 Å². The van der Waals surface area contributed by atoms with Gasteiger partial charge in [-0.3, -0.25) is 4.99 Å². The smallest absolute Gasteiger partial charge is 0.410 e. The first-order valence-corrected chi connectivity index (χ1v) is 8.33. The van der Waals surface area contributed by atoms with Crippen molar-refractivity contribution in [1.29, 1.82) is 0 Å². The predicted molar refractivity (Wildman–Crippen MR) is 89.9 cm³/mol. The Kier molecular flexibility index (Phi) is 7.48. The minimum atomic E-state index is -0.434. The number of nitrogens with two attached hydrogens (primary N) is 1. The van der Waals surface area contributed by atoms with Crippen LogP contribution in [0.5, 0.6) is 0 Å². The van der Waals surface area contributed by atoms with E-state index >= 15 is 0 Å². The van der Waals surface area contributed by atoms with Gasteiger partial charge in [0.1, 0.15) is 5.60 Å². The van der Waals surface area contributed by atoms with Crippen molar-refractivity contribution in [2.75, 3.05) is 26.2 Å². The van der Waals surface area contributed by atoms with Gasteiger partial charge in [0, 0.05) is 26.2 Å². The number of rotatable bonds is 5. The quantitative estimate of drug-likeness (QED) is 0.464. The van der Waals surface area contributed by atoms with Gasteiger partial charge in [-0.1, -0.05) is 13.3 Å². The van der Waals surface area contributed by atoms with Crippen molar-refractivity contribution in [1.82, 2.24) is 10.2 Å². The Balaban J connectivity index is 2.27. The fourth-order valence-corrected chi connectivity index (χ4v) is 2.30. The monoisotopic (exact) mass is 312 g/mol. The largest absolute Gasteiger partial charge is 0.444 e. The maximum atomic E-state index is 12.0. The lowest BCUT2D eigenvalue weighted by atomic mass is 9.97. The van der Waals surface area contributed by atoms with Crippen molar-refractivity contribution in [3.8, 4) is 0 Å². The summed E-state index contributed by atoms with van der Waals surface area (Å²) in [5.41, 5.74) is 5.40. The lowest BCUT2D eigenvalue weighted by Gasteiger charge is -2.33. The van der Waals surface area contributed by atoms with Crippen molar-refractivity contribution in [2.24, 2.45) is 16.6 Å². The van der Waals surface area contributed by atoms with E-state index in [4.69, 9.17) is 10.5 Å². The molecule has 0 atom stereocenters. The zero-order chi connectivity index (χ0) is 16.6. The van der Waals surface area contributed by atoms with Crippen LogP contribution in [0.15, 0.2) is 4.99 Å². The highest BCUT2D eigenvalue weighted by Gasteiger charge is 2.26. The standard InChI is InChI=1S/C16H32N4O2/c1-5-6-9-18-14(17)19-12-13-7-10-20(11-8-13)15(21)22-16(2,3)4/h13H,5-12H2,1-4H3,(H3,17,18,19). The maximum Gasteiger partial charge on any atom is 0.410 e. The van der Waals surface area contributed by atoms with Crippen molar-refractivity contribution in [2.45, 2.75) is 59.0 Å². The number of hydrogen-bond acceptors (Lipinski definition) is 3. The Labute approximate surface area is 134 Å². The van der Waals surface area contributed by atoms with E-state index in [-0.39, 0.29) is 6.09 Å². The van der Waals surface area contributed by atoms with Crippen LogP contribution in [0.1, 0.15) is 53.4 Å². The van der Waals surface area contributed by atoms with E-state index in [1.165, 1.54) is 0 Å². The Morgan fingerprint density at radius 3 is 2.55 bits per heavy atom. The fraction of sp³-hybridized carbons (Fsp3) is 0.875. The van der Waals surface area contributed by atoms with Gasteiger partial charge in [-0.05, 0) is 46.0 Å². The first-order valence-electron chi connectivity index (χ1n) is 8.33. The van der Waals surface area contributed by atoms with Gasteiger partial charge in [-0.15, -0.1) is 0 Å². The topological polar surface area (TPSA) is 80.0 Å². The second-order valence-electron chi connectivity index (χ2n) is 6.92. The molecule has 1 heterocycles. The van der Waals surface area contributed by atoms with Gasteiger partial charge >= 0.3 is 6.09 Å². The molecule has 128 valence electrons. The number of aliphatic imine (C=N–C) groups is 1. The van der Waals surface area contributed by atoms with Gasteiger partial charge in [0.25, 0.3) is 0 Å². The molecule has 1 saturated heterocycles. The molecule has 0 aromatic heterocycles. The van der Waals surface area contributed by atoms with Crippen LogP contribution >= 0.6 is 0 Å². The van der Waals surface area contributed by atoms with E-state index in [0.29, 0.717) is 11.9 Å². The van der Waals surface area contributed by atoms with Crippen molar-refractivity contribution in [3.05, 3.63) is 0 Å². The summed E-state index contributed by atoms with van der Waals surface area (Å²) in [6.45, 7) is 10.9. The molecule has 0 bridgehead atoms. The van der Waals surface area contributed by atoms with Crippen LogP contribution in [-0.2, 0) is 4.74 Å². The normalized spacial score (nSPS) is 17.5. The van der Waals surface area contributed by atoms with Crippen LogP contribution < -0.4 is 11.1 Å². The zero-order valence-corrected chi connectivity index (χ0v) is 14.5. The number of carbonyl (C=O) groups excluding carboxylic acids is 1. The lowest BCUT2D eigenvalue weighted by molar-refractivity contribution is 0.0187. The van der Waals surface area contributed by atoms with E-state index in [2.05, 4.69) is 17.2 Å². The summed E-state index contributed by atoms with van der Waals surface area (Å²) >= 11 is 0. The Hall–Kier alpha value is -1.46. The molecule has 1 rings (SSSR count). The minimum Gasteiger partial charge on any atom is -0.444 e. The first kappa shape index (κ1) is 18.6. The van der Waals surface area contributed by atoms with Crippen LogP contribution in [-0.4, -0.2) is 48.7 Å². The lowest BCUT2D eigenvalue weighted by Crippen LogP contribution is -2.42. The summed E-state index contributed by atoms with van der Waals surface area (Å²) in [6.07, 6.45) is 3.93. The van der Waals surface area contributed by atoms with Crippen LogP contribution in [0.3, 0.4) is 0 Å². The Morgan fingerprint density at radius 2 is 2.00 bits per heavy atom. The summed E-state index contributed by atoms with van der Waals surface area (Å²) in [6, 6.07) is 0. The molecule has 0 spiro atoms. The number of nitrogens with zero attached hydrogens (tertiary/aromatic N) is 2.